The molecule has 0 radical (unpaired) electrons. The van der Waals surface area contributed by atoms with Crippen LogP contribution in [0.5, 0.6) is 0 Å². The van der Waals surface area contributed by atoms with Crippen LogP contribution in [0.1, 0.15) is 72.6 Å². The van der Waals surface area contributed by atoms with Crippen molar-refractivity contribution < 1.29 is 8.42 Å². The van der Waals surface area contributed by atoms with E-state index in [-0.39, 0.29) is 5.75 Å². The molecule has 142 valence electrons. The minimum Gasteiger partial charge on any atom is -0.357 e. The fourth-order valence-corrected chi connectivity index (χ4v) is 3.97. The minimum atomic E-state index is -3.09. The lowest BCUT2D eigenvalue weighted by molar-refractivity contribution is 0.475. The third-order valence-electron chi connectivity index (χ3n) is 4.71. The van der Waals surface area contributed by atoms with Gasteiger partial charge in [0.1, 0.15) is 0 Å². The Balaban J connectivity index is 2.29. The third kappa shape index (κ3) is 7.86. The van der Waals surface area contributed by atoms with E-state index in [9.17, 15) is 8.42 Å². The number of aliphatic imine (C=N–C) groups is 1. The number of nitrogens with one attached hydrogen (secondary N) is 2. The Morgan fingerprint density at radius 2 is 1.79 bits per heavy atom. The summed E-state index contributed by atoms with van der Waals surface area (Å²) in [5, 5.41) is 6.32. The summed E-state index contributed by atoms with van der Waals surface area (Å²) in [6.45, 7) is 9.22. The van der Waals surface area contributed by atoms with Gasteiger partial charge in [0.2, 0.25) is 0 Å². The molecule has 0 amide bonds. The Morgan fingerprint density at radius 3 is 2.38 bits per heavy atom. The minimum absolute atomic E-state index is 0.128. The molecular weight excluding hydrogens is 322 g/mol. The van der Waals surface area contributed by atoms with Crippen molar-refractivity contribution in [2.24, 2.45) is 10.9 Å². The first-order valence-corrected chi connectivity index (χ1v) is 11.2. The second-order valence-electron chi connectivity index (χ2n) is 7.76. The molecule has 0 aromatic heterocycles. The molecule has 0 aromatic carbocycles. The number of hydrogen-bond donors (Lipinski definition) is 2. The van der Waals surface area contributed by atoms with E-state index < -0.39 is 14.6 Å². The number of nitrogens with zero attached hydrogens (tertiary/aromatic N) is 1. The average molecular weight is 360 g/mol. The lowest BCUT2D eigenvalue weighted by Gasteiger charge is -2.19. The predicted octanol–water partition coefficient (Wildman–Crippen LogP) is 3.12. The highest BCUT2D eigenvalue weighted by molar-refractivity contribution is 7.92. The molecule has 1 saturated carbocycles. The first-order chi connectivity index (χ1) is 11.3. The van der Waals surface area contributed by atoms with Crippen molar-refractivity contribution in [1.82, 2.24) is 10.6 Å². The molecule has 0 aromatic rings. The van der Waals surface area contributed by atoms with Gasteiger partial charge in [-0.3, -0.25) is 4.99 Å². The molecule has 24 heavy (non-hydrogen) atoms. The van der Waals surface area contributed by atoms with Crippen molar-refractivity contribution in [2.75, 3.05) is 25.4 Å². The van der Waals surface area contributed by atoms with Gasteiger partial charge in [-0.2, -0.15) is 0 Å². The zero-order valence-electron chi connectivity index (χ0n) is 16.0. The molecule has 0 atom stereocenters. The summed E-state index contributed by atoms with van der Waals surface area (Å²) in [6.07, 6.45) is 9.33. The van der Waals surface area contributed by atoms with Crippen LogP contribution in [-0.2, 0) is 9.84 Å². The second-order valence-corrected chi connectivity index (χ2v) is 10.6. The van der Waals surface area contributed by atoms with Gasteiger partial charge in [0.15, 0.2) is 15.8 Å². The van der Waals surface area contributed by atoms with Gasteiger partial charge < -0.3 is 10.6 Å². The van der Waals surface area contributed by atoms with Gasteiger partial charge in [-0.15, -0.1) is 0 Å². The van der Waals surface area contributed by atoms with Crippen molar-refractivity contribution in [3.8, 4) is 0 Å². The van der Waals surface area contributed by atoms with Crippen molar-refractivity contribution in [1.29, 1.82) is 0 Å². The van der Waals surface area contributed by atoms with Crippen LogP contribution in [-0.4, -0.2) is 44.5 Å². The van der Waals surface area contributed by atoms with Gasteiger partial charge in [-0.1, -0.05) is 38.5 Å². The standard InChI is InChI=1S/C18H37N3O2S/c1-5-19-17(21-14-15-24(22,23)18(2,3)4)20-13-9-8-12-16-10-6-7-11-16/h16H,5-15H2,1-4H3,(H2,19,20,21). The summed E-state index contributed by atoms with van der Waals surface area (Å²) in [4.78, 5) is 4.56. The van der Waals surface area contributed by atoms with Crippen LogP contribution >= 0.6 is 0 Å². The summed E-state index contributed by atoms with van der Waals surface area (Å²) < 4.78 is 23.5. The van der Waals surface area contributed by atoms with Gasteiger partial charge in [-0.25, -0.2) is 8.42 Å². The van der Waals surface area contributed by atoms with E-state index in [0.29, 0.717) is 6.54 Å². The Morgan fingerprint density at radius 1 is 1.12 bits per heavy atom. The van der Waals surface area contributed by atoms with E-state index in [0.717, 1.165) is 31.4 Å². The highest BCUT2D eigenvalue weighted by Crippen LogP contribution is 2.28. The predicted molar refractivity (Wildman–Crippen MR) is 103 cm³/mol. The molecule has 0 aliphatic heterocycles. The quantitative estimate of drug-likeness (QED) is 0.377. The first-order valence-electron chi connectivity index (χ1n) is 9.50. The number of rotatable bonds is 9. The largest absolute Gasteiger partial charge is 0.357 e. The number of sulfone groups is 1. The smallest absolute Gasteiger partial charge is 0.191 e. The fraction of sp³-hybridized carbons (Fsp3) is 0.944. The van der Waals surface area contributed by atoms with Crippen LogP contribution in [0.25, 0.3) is 0 Å². The maximum absolute atomic E-state index is 12.1. The van der Waals surface area contributed by atoms with E-state index in [4.69, 9.17) is 0 Å². The molecule has 0 unspecified atom stereocenters. The molecule has 0 bridgehead atoms. The Hall–Kier alpha value is -0.780. The van der Waals surface area contributed by atoms with Crippen molar-refractivity contribution in [2.45, 2.75) is 77.4 Å². The van der Waals surface area contributed by atoms with Gasteiger partial charge in [-0.05, 0) is 40.0 Å². The topological polar surface area (TPSA) is 70.6 Å². The molecule has 5 nitrogen and oxygen atoms in total. The molecular formula is C18H37N3O2S. The van der Waals surface area contributed by atoms with Gasteiger partial charge in [0, 0.05) is 19.6 Å². The lowest BCUT2D eigenvalue weighted by atomic mass is 10.0. The van der Waals surface area contributed by atoms with E-state index in [1.54, 1.807) is 20.8 Å². The maximum Gasteiger partial charge on any atom is 0.191 e. The van der Waals surface area contributed by atoms with Crippen molar-refractivity contribution in [3.63, 3.8) is 0 Å². The zero-order valence-corrected chi connectivity index (χ0v) is 16.8. The average Bonchev–Trinajstić information content (AvgIpc) is 2.98. The summed E-state index contributed by atoms with van der Waals surface area (Å²) in [7, 11) is -3.09. The SMILES string of the molecule is CCNC(=NCCCCC1CCCC1)NCCS(=O)(=O)C(C)(C)C. The van der Waals surface area contributed by atoms with E-state index >= 15 is 0 Å². The molecule has 1 aliphatic rings. The summed E-state index contributed by atoms with van der Waals surface area (Å²) in [5.41, 5.74) is 0. The summed E-state index contributed by atoms with van der Waals surface area (Å²) in [6, 6.07) is 0. The van der Waals surface area contributed by atoms with Crippen LogP contribution in [0, 0.1) is 5.92 Å². The molecule has 0 heterocycles. The molecule has 6 heteroatoms. The van der Waals surface area contributed by atoms with Gasteiger partial charge in [0.05, 0.1) is 10.5 Å². The van der Waals surface area contributed by atoms with Crippen molar-refractivity contribution >= 4 is 15.8 Å². The number of guanidine groups is 1. The third-order valence-corrected chi connectivity index (χ3v) is 7.31. The molecule has 1 rings (SSSR count). The Bertz CT molecular complexity index is 475. The van der Waals surface area contributed by atoms with Crippen LogP contribution in [0.15, 0.2) is 4.99 Å². The number of unbranched alkanes of at least 4 members (excludes halogenated alkanes) is 1. The Kier molecular flexibility index (Phi) is 9.09. The van der Waals surface area contributed by atoms with E-state index in [1.165, 1.54) is 38.5 Å². The molecule has 0 spiro atoms. The zero-order chi connectivity index (χ0) is 18.1. The van der Waals surface area contributed by atoms with Gasteiger partial charge in [0.25, 0.3) is 0 Å². The monoisotopic (exact) mass is 359 g/mol. The second kappa shape index (κ2) is 10.3. The highest BCUT2D eigenvalue weighted by Gasteiger charge is 2.28. The molecule has 1 fully saturated rings. The van der Waals surface area contributed by atoms with Gasteiger partial charge >= 0.3 is 0 Å². The normalized spacial score (nSPS) is 17.2. The molecule has 2 N–H and O–H groups in total. The van der Waals surface area contributed by atoms with E-state index in [1.807, 2.05) is 6.92 Å². The van der Waals surface area contributed by atoms with E-state index in [2.05, 4.69) is 15.6 Å². The lowest BCUT2D eigenvalue weighted by Crippen LogP contribution is -2.41. The van der Waals surface area contributed by atoms with Crippen LogP contribution in [0.4, 0.5) is 0 Å². The molecule has 1 aliphatic carbocycles. The first kappa shape index (κ1) is 21.3. The molecule has 0 saturated heterocycles. The summed E-state index contributed by atoms with van der Waals surface area (Å²) >= 11 is 0. The Labute approximate surface area is 149 Å². The maximum atomic E-state index is 12.1. The van der Waals surface area contributed by atoms with Crippen LogP contribution in [0.3, 0.4) is 0 Å². The van der Waals surface area contributed by atoms with Crippen molar-refractivity contribution in [3.05, 3.63) is 0 Å². The van der Waals surface area contributed by atoms with Crippen LogP contribution in [0.2, 0.25) is 0 Å². The highest BCUT2D eigenvalue weighted by atomic mass is 32.2. The van der Waals surface area contributed by atoms with Crippen LogP contribution < -0.4 is 10.6 Å². The number of hydrogen-bond acceptors (Lipinski definition) is 3. The fourth-order valence-electron chi connectivity index (χ4n) is 2.99. The summed E-state index contributed by atoms with van der Waals surface area (Å²) in [5.74, 6) is 1.80.